The summed E-state index contributed by atoms with van der Waals surface area (Å²) in [5, 5.41) is 12.3. The summed E-state index contributed by atoms with van der Waals surface area (Å²) in [7, 11) is 0. The predicted molar refractivity (Wildman–Crippen MR) is 233 cm³/mol. The first-order valence-electron chi connectivity index (χ1n) is 19.1. The third-order valence-corrected chi connectivity index (χ3v) is 11.5. The second-order valence-corrected chi connectivity index (χ2v) is 14.5. The van der Waals surface area contributed by atoms with Crippen LogP contribution in [0.5, 0.6) is 0 Å². The smallest absolute Gasteiger partial charge is 0.0538 e. The molecule has 0 atom stereocenters. The van der Waals surface area contributed by atoms with Crippen molar-refractivity contribution in [1.82, 2.24) is 9.88 Å². The van der Waals surface area contributed by atoms with Crippen molar-refractivity contribution in [1.29, 1.82) is 0 Å². The van der Waals surface area contributed by atoms with Gasteiger partial charge in [-0.15, -0.1) is 0 Å². The van der Waals surface area contributed by atoms with Crippen LogP contribution in [0.4, 0.5) is 0 Å². The van der Waals surface area contributed by atoms with Crippen LogP contribution in [0.25, 0.3) is 99.5 Å². The summed E-state index contributed by atoms with van der Waals surface area (Å²) >= 11 is 0. The minimum atomic E-state index is 0.801. The number of hydrogen-bond acceptors (Lipinski definition) is 1. The van der Waals surface area contributed by atoms with E-state index < -0.39 is 0 Å². The molecule has 11 rings (SSSR count). The maximum absolute atomic E-state index is 3.47. The van der Waals surface area contributed by atoms with Crippen molar-refractivity contribution in [3.05, 3.63) is 206 Å². The molecular weight excluding hydrogens is 665 g/mol. The van der Waals surface area contributed by atoms with Crippen molar-refractivity contribution in [2.75, 3.05) is 0 Å². The van der Waals surface area contributed by atoms with E-state index in [0.29, 0.717) is 0 Å². The van der Waals surface area contributed by atoms with E-state index in [0.717, 1.165) is 6.54 Å². The lowest BCUT2D eigenvalue weighted by molar-refractivity contribution is 0.855. The van der Waals surface area contributed by atoms with Crippen LogP contribution in [0.3, 0.4) is 0 Å². The van der Waals surface area contributed by atoms with Crippen LogP contribution < -0.4 is 5.32 Å². The number of benzene rings is 9. The van der Waals surface area contributed by atoms with Crippen LogP contribution in [0.1, 0.15) is 11.3 Å². The molecule has 1 N–H and O–H groups in total. The van der Waals surface area contributed by atoms with Gasteiger partial charge in [-0.05, 0) is 119 Å². The van der Waals surface area contributed by atoms with Gasteiger partial charge in [0.1, 0.15) is 0 Å². The van der Waals surface area contributed by atoms with E-state index in [1.807, 2.05) is 0 Å². The standard InChI is InChI=1S/C53H36N2/c1-2-10-35(11-3-1)37-24-27-43(28-25-37)55-50-29-26-41(33-48(50)49-34-54-31-30-51(49)55)38-18-21-39(22-19-38)52-44-14-6-8-16-46(44)53(47-17-9-7-15-45(47)52)42-23-20-36-12-4-5-13-40(36)32-42/h1-33,54H,34H2. The molecule has 9 aromatic carbocycles. The Morgan fingerprint density at radius 1 is 0.382 bits per heavy atom. The van der Waals surface area contributed by atoms with Gasteiger partial charge >= 0.3 is 0 Å². The predicted octanol–water partition coefficient (Wildman–Crippen LogP) is 13.8. The molecule has 55 heavy (non-hydrogen) atoms. The van der Waals surface area contributed by atoms with E-state index >= 15 is 0 Å². The molecule has 2 heterocycles. The lowest BCUT2D eigenvalue weighted by Gasteiger charge is -2.18. The highest BCUT2D eigenvalue weighted by Gasteiger charge is 2.20. The largest absolute Gasteiger partial charge is 0.387 e. The first-order valence-corrected chi connectivity index (χ1v) is 19.1. The summed E-state index contributed by atoms with van der Waals surface area (Å²) in [5.41, 5.74) is 14.9. The molecule has 0 unspecified atom stereocenters. The van der Waals surface area contributed by atoms with Gasteiger partial charge in [-0.2, -0.15) is 0 Å². The van der Waals surface area contributed by atoms with Crippen LogP contribution in [0.2, 0.25) is 0 Å². The fourth-order valence-electron chi connectivity index (χ4n) is 8.85. The monoisotopic (exact) mass is 700 g/mol. The molecule has 0 bridgehead atoms. The number of fused-ring (bicyclic) bond motifs is 6. The Bertz CT molecular complexity index is 3050. The summed E-state index contributed by atoms with van der Waals surface area (Å²) < 4.78 is 2.40. The maximum atomic E-state index is 3.47. The molecule has 1 aliphatic heterocycles. The molecule has 10 aromatic rings. The van der Waals surface area contributed by atoms with Crippen molar-refractivity contribution < 1.29 is 0 Å². The highest BCUT2D eigenvalue weighted by molar-refractivity contribution is 6.21. The fraction of sp³-hybridized carbons (Fsp3) is 0.0189. The summed E-state index contributed by atoms with van der Waals surface area (Å²) in [5.74, 6) is 0. The molecule has 0 amide bonds. The molecule has 0 fully saturated rings. The van der Waals surface area contributed by atoms with Gasteiger partial charge in [0, 0.05) is 23.2 Å². The van der Waals surface area contributed by atoms with Crippen LogP contribution >= 0.6 is 0 Å². The lowest BCUT2D eigenvalue weighted by Crippen LogP contribution is -2.10. The number of hydrogen-bond donors (Lipinski definition) is 1. The van der Waals surface area contributed by atoms with E-state index in [1.54, 1.807) is 0 Å². The van der Waals surface area contributed by atoms with Gasteiger partial charge in [0.05, 0.1) is 11.2 Å². The van der Waals surface area contributed by atoms with E-state index in [-0.39, 0.29) is 0 Å². The average molecular weight is 701 g/mol. The highest BCUT2D eigenvalue weighted by atomic mass is 15.0. The van der Waals surface area contributed by atoms with E-state index in [1.165, 1.54) is 105 Å². The van der Waals surface area contributed by atoms with Gasteiger partial charge in [-0.25, -0.2) is 0 Å². The van der Waals surface area contributed by atoms with Crippen molar-refractivity contribution in [3.8, 4) is 50.2 Å². The Labute approximate surface area is 320 Å². The van der Waals surface area contributed by atoms with E-state index in [9.17, 15) is 0 Å². The van der Waals surface area contributed by atoms with Gasteiger partial charge < -0.3 is 9.88 Å². The van der Waals surface area contributed by atoms with Crippen molar-refractivity contribution in [3.63, 3.8) is 0 Å². The fourth-order valence-corrected chi connectivity index (χ4v) is 8.85. The second-order valence-electron chi connectivity index (χ2n) is 14.5. The van der Waals surface area contributed by atoms with E-state index in [2.05, 4.69) is 210 Å². The lowest BCUT2D eigenvalue weighted by atomic mass is 9.85. The van der Waals surface area contributed by atoms with Crippen molar-refractivity contribution >= 4 is 49.3 Å². The van der Waals surface area contributed by atoms with Gasteiger partial charge in [0.2, 0.25) is 0 Å². The zero-order chi connectivity index (χ0) is 36.3. The van der Waals surface area contributed by atoms with Crippen LogP contribution in [-0.2, 0) is 6.54 Å². The molecule has 2 heteroatoms. The molecule has 1 aliphatic rings. The second kappa shape index (κ2) is 12.8. The van der Waals surface area contributed by atoms with Gasteiger partial charge in [0.25, 0.3) is 0 Å². The Morgan fingerprint density at radius 2 is 0.909 bits per heavy atom. The number of nitrogens with one attached hydrogen (secondary N) is 1. The minimum absolute atomic E-state index is 0.801. The normalized spacial score (nSPS) is 12.4. The molecule has 0 aliphatic carbocycles. The average Bonchev–Trinajstić information content (AvgIpc) is 3.59. The summed E-state index contributed by atoms with van der Waals surface area (Å²) in [4.78, 5) is 0. The van der Waals surface area contributed by atoms with Crippen LogP contribution in [0.15, 0.2) is 194 Å². The Balaban J connectivity index is 1.01. The Kier molecular flexibility index (Phi) is 7.28. The van der Waals surface area contributed by atoms with Crippen molar-refractivity contribution in [2.45, 2.75) is 6.54 Å². The molecule has 1 aromatic heterocycles. The molecule has 0 saturated heterocycles. The molecule has 2 nitrogen and oxygen atoms in total. The summed E-state index contributed by atoms with van der Waals surface area (Å²) in [6.07, 6.45) is 4.27. The van der Waals surface area contributed by atoms with Gasteiger partial charge in [0.15, 0.2) is 0 Å². The number of aromatic nitrogens is 1. The van der Waals surface area contributed by atoms with Crippen molar-refractivity contribution in [2.24, 2.45) is 0 Å². The Morgan fingerprint density at radius 3 is 1.62 bits per heavy atom. The Hall–Kier alpha value is -7.16. The van der Waals surface area contributed by atoms with Crippen LogP contribution in [0, 0.1) is 0 Å². The van der Waals surface area contributed by atoms with Gasteiger partial charge in [-0.3, -0.25) is 0 Å². The zero-order valence-electron chi connectivity index (χ0n) is 30.2. The molecule has 258 valence electrons. The first-order chi connectivity index (χ1) is 27.3. The maximum Gasteiger partial charge on any atom is 0.0538 e. The molecule has 0 radical (unpaired) electrons. The zero-order valence-corrected chi connectivity index (χ0v) is 30.2. The first kappa shape index (κ1) is 31.4. The number of rotatable bonds is 5. The summed E-state index contributed by atoms with van der Waals surface area (Å²) in [6.45, 7) is 0.801. The van der Waals surface area contributed by atoms with Gasteiger partial charge in [-0.1, -0.05) is 158 Å². The van der Waals surface area contributed by atoms with E-state index in [4.69, 9.17) is 0 Å². The third-order valence-electron chi connectivity index (χ3n) is 11.5. The molecule has 0 saturated carbocycles. The van der Waals surface area contributed by atoms with Crippen LogP contribution in [-0.4, -0.2) is 4.57 Å². The SMILES string of the molecule is C1=Cc2c(c3cc(-c4ccc(-c5c6ccccc6c(-c6ccc7ccccc7c6)c6ccccc56)cc4)ccc3n2-c2ccc(-c3ccccc3)cc2)CN1. The molecular formula is C53H36N2. The number of nitrogens with zero attached hydrogens (tertiary/aromatic N) is 1. The third kappa shape index (κ3) is 5.18. The minimum Gasteiger partial charge on any atom is -0.387 e. The topological polar surface area (TPSA) is 17.0 Å². The highest BCUT2D eigenvalue weighted by Crippen LogP contribution is 2.44. The summed E-state index contributed by atoms with van der Waals surface area (Å²) in [6, 6.07) is 69.0. The quantitative estimate of drug-likeness (QED) is 0.177. The molecule has 0 spiro atoms.